The summed E-state index contributed by atoms with van der Waals surface area (Å²) in [5.41, 5.74) is 6.54. The van der Waals surface area contributed by atoms with Crippen LogP contribution in [0, 0.1) is 0 Å². The molecular weight excluding hydrogens is 153 g/mol. The summed E-state index contributed by atoms with van der Waals surface area (Å²) in [6.07, 6.45) is 0. The maximum Gasteiger partial charge on any atom is 0.0785 e. The Morgan fingerprint density at radius 1 is 1.08 bits per heavy atom. The molecule has 0 saturated heterocycles. The number of benzene rings is 1. The summed E-state index contributed by atoms with van der Waals surface area (Å²) in [6, 6.07) is 9.99. The minimum Gasteiger partial charge on any atom is -0.326 e. The van der Waals surface area contributed by atoms with E-state index in [1.807, 2.05) is 44.2 Å². The maximum absolute atomic E-state index is 9.50. The lowest BCUT2D eigenvalue weighted by molar-refractivity contribution is 0.636. The van der Waals surface area contributed by atoms with Gasteiger partial charge in [0.25, 0.3) is 0 Å². The Balaban J connectivity index is 0. The standard InChI is InChI=1S/C7H9N.C2H6.CH3F/c8-6-7-4-2-1-3-5-7;2*1-2/h1-5H,6,8H2;1-2H3;1H3. The van der Waals surface area contributed by atoms with Crippen LogP contribution in [0.3, 0.4) is 0 Å². The molecule has 0 aliphatic rings. The largest absolute Gasteiger partial charge is 0.326 e. The predicted octanol–water partition coefficient (Wildman–Crippen LogP) is 2.76. The van der Waals surface area contributed by atoms with Crippen LogP contribution in [0.4, 0.5) is 4.39 Å². The van der Waals surface area contributed by atoms with Gasteiger partial charge < -0.3 is 5.73 Å². The SMILES string of the molecule is CC.CF.NCc1ccccc1. The monoisotopic (exact) mass is 171 g/mol. The number of hydrogen-bond acceptors (Lipinski definition) is 1. The predicted molar refractivity (Wildman–Crippen MR) is 52.7 cm³/mol. The van der Waals surface area contributed by atoms with Gasteiger partial charge in [-0.1, -0.05) is 44.2 Å². The van der Waals surface area contributed by atoms with Crippen molar-refractivity contribution in [3.8, 4) is 0 Å². The molecule has 0 bridgehead atoms. The van der Waals surface area contributed by atoms with Crippen molar-refractivity contribution in [1.29, 1.82) is 0 Å². The maximum atomic E-state index is 9.50. The molecule has 2 N–H and O–H groups in total. The minimum atomic E-state index is 0.500. The first-order valence-electron chi connectivity index (χ1n) is 4.05. The van der Waals surface area contributed by atoms with Gasteiger partial charge >= 0.3 is 0 Å². The van der Waals surface area contributed by atoms with E-state index >= 15 is 0 Å². The molecule has 0 fully saturated rings. The smallest absolute Gasteiger partial charge is 0.0785 e. The molecule has 2 heteroatoms. The van der Waals surface area contributed by atoms with Crippen LogP contribution in [0.1, 0.15) is 19.4 Å². The molecule has 1 aromatic rings. The van der Waals surface area contributed by atoms with Gasteiger partial charge in [0.15, 0.2) is 0 Å². The Hall–Kier alpha value is -0.890. The second-order valence-corrected chi connectivity index (χ2v) is 1.69. The van der Waals surface area contributed by atoms with E-state index in [-0.39, 0.29) is 0 Å². The van der Waals surface area contributed by atoms with Crippen LogP contribution in [0.25, 0.3) is 0 Å². The van der Waals surface area contributed by atoms with Crippen LogP contribution in [-0.4, -0.2) is 7.18 Å². The van der Waals surface area contributed by atoms with Gasteiger partial charge in [-0.2, -0.15) is 0 Å². The minimum absolute atomic E-state index is 0.500. The van der Waals surface area contributed by atoms with Gasteiger partial charge in [0.1, 0.15) is 0 Å². The van der Waals surface area contributed by atoms with Crippen molar-refractivity contribution in [2.75, 3.05) is 7.18 Å². The summed E-state index contributed by atoms with van der Waals surface area (Å²) in [6.45, 7) is 4.64. The molecule has 70 valence electrons. The van der Waals surface area contributed by atoms with Gasteiger partial charge in [0.05, 0.1) is 7.18 Å². The first-order chi connectivity index (χ1) is 5.93. The fraction of sp³-hybridized carbons (Fsp3) is 0.400. The number of hydrogen-bond donors (Lipinski definition) is 1. The molecule has 1 nitrogen and oxygen atoms in total. The van der Waals surface area contributed by atoms with Crippen molar-refractivity contribution >= 4 is 0 Å². The average molecular weight is 171 g/mol. The van der Waals surface area contributed by atoms with E-state index in [1.165, 1.54) is 5.56 Å². The first kappa shape index (κ1) is 13.7. The molecule has 0 spiro atoms. The molecule has 0 saturated carbocycles. The van der Waals surface area contributed by atoms with Gasteiger partial charge in [0.2, 0.25) is 0 Å². The number of nitrogens with two attached hydrogens (primary N) is 1. The highest BCUT2D eigenvalue weighted by Crippen LogP contribution is 1.94. The van der Waals surface area contributed by atoms with E-state index in [2.05, 4.69) is 0 Å². The van der Waals surface area contributed by atoms with Crippen LogP contribution < -0.4 is 5.73 Å². The third-order valence-corrected chi connectivity index (χ3v) is 1.08. The molecular formula is C10H18FN. The lowest BCUT2D eigenvalue weighted by atomic mass is 10.2. The highest BCUT2D eigenvalue weighted by molar-refractivity contribution is 5.13. The molecule has 0 unspecified atom stereocenters. The molecule has 1 aromatic carbocycles. The van der Waals surface area contributed by atoms with Gasteiger partial charge in [0, 0.05) is 6.54 Å². The molecule has 1 rings (SSSR count). The molecule has 0 amide bonds. The van der Waals surface area contributed by atoms with E-state index in [4.69, 9.17) is 5.73 Å². The lowest BCUT2D eigenvalue weighted by Crippen LogP contribution is -1.94. The molecule has 12 heavy (non-hydrogen) atoms. The quantitative estimate of drug-likeness (QED) is 0.690. The van der Waals surface area contributed by atoms with Crippen molar-refractivity contribution in [2.24, 2.45) is 5.73 Å². The van der Waals surface area contributed by atoms with Gasteiger partial charge in [-0.3, -0.25) is 4.39 Å². The lowest BCUT2D eigenvalue weighted by Gasteiger charge is -1.90. The summed E-state index contributed by atoms with van der Waals surface area (Å²) in [7, 11) is 0.500. The van der Waals surface area contributed by atoms with E-state index in [1.54, 1.807) is 0 Å². The average Bonchev–Trinajstić information content (AvgIpc) is 2.25. The highest BCUT2D eigenvalue weighted by Gasteiger charge is 1.80. The van der Waals surface area contributed by atoms with E-state index in [0.29, 0.717) is 13.7 Å². The second kappa shape index (κ2) is 12.8. The Morgan fingerprint density at radius 2 is 1.50 bits per heavy atom. The van der Waals surface area contributed by atoms with Crippen molar-refractivity contribution in [2.45, 2.75) is 20.4 Å². The summed E-state index contributed by atoms with van der Waals surface area (Å²) in [4.78, 5) is 0. The third kappa shape index (κ3) is 7.22. The summed E-state index contributed by atoms with van der Waals surface area (Å²) in [5, 5.41) is 0. The number of halogens is 1. The molecule has 0 aliphatic heterocycles. The molecule has 0 aliphatic carbocycles. The van der Waals surface area contributed by atoms with Crippen LogP contribution in [0.15, 0.2) is 30.3 Å². The summed E-state index contributed by atoms with van der Waals surface area (Å²) >= 11 is 0. The molecule has 0 radical (unpaired) electrons. The summed E-state index contributed by atoms with van der Waals surface area (Å²) < 4.78 is 9.50. The Labute approximate surface area is 74.4 Å². The Morgan fingerprint density at radius 3 is 1.75 bits per heavy atom. The Kier molecular flexibility index (Phi) is 14.5. The van der Waals surface area contributed by atoms with Crippen LogP contribution in [0.2, 0.25) is 0 Å². The fourth-order valence-electron chi connectivity index (χ4n) is 0.614. The van der Waals surface area contributed by atoms with Gasteiger partial charge in [-0.05, 0) is 5.56 Å². The zero-order valence-corrected chi connectivity index (χ0v) is 8.05. The first-order valence-corrected chi connectivity index (χ1v) is 4.05. The fourth-order valence-corrected chi connectivity index (χ4v) is 0.614. The van der Waals surface area contributed by atoms with Crippen LogP contribution >= 0.6 is 0 Å². The van der Waals surface area contributed by atoms with Crippen molar-refractivity contribution in [3.05, 3.63) is 35.9 Å². The van der Waals surface area contributed by atoms with Gasteiger partial charge in [-0.15, -0.1) is 0 Å². The summed E-state index contributed by atoms with van der Waals surface area (Å²) in [5.74, 6) is 0. The van der Waals surface area contributed by atoms with Crippen molar-refractivity contribution in [3.63, 3.8) is 0 Å². The van der Waals surface area contributed by atoms with Crippen molar-refractivity contribution < 1.29 is 4.39 Å². The van der Waals surface area contributed by atoms with E-state index < -0.39 is 0 Å². The van der Waals surface area contributed by atoms with E-state index in [0.717, 1.165) is 0 Å². The number of alkyl halides is 1. The normalized spacial score (nSPS) is 7.08. The van der Waals surface area contributed by atoms with Crippen LogP contribution in [-0.2, 0) is 6.54 Å². The third-order valence-electron chi connectivity index (χ3n) is 1.08. The second-order valence-electron chi connectivity index (χ2n) is 1.69. The Bertz CT molecular complexity index is 151. The van der Waals surface area contributed by atoms with Crippen molar-refractivity contribution in [1.82, 2.24) is 0 Å². The molecule has 0 heterocycles. The van der Waals surface area contributed by atoms with Gasteiger partial charge in [-0.25, -0.2) is 0 Å². The topological polar surface area (TPSA) is 26.0 Å². The highest BCUT2D eigenvalue weighted by atomic mass is 19.1. The van der Waals surface area contributed by atoms with E-state index in [9.17, 15) is 4.39 Å². The van der Waals surface area contributed by atoms with Crippen LogP contribution in [0.5, 0.6) is 0 Å². The molecule has 0 atom stereocenters. The zero-order chi connectivity index (χ0) is 9.82. The number of rotatable bonds is 1. The molecule has 0 aromatic heterocycles. The zero-order valence-electron chi connectivity index (χ0n) is 8.05.